The highest BCUT2D eigenvalue weighted by molar-refractivity contribution is 5.97. The van der Waals surface area contributed by atoms with Crippen LogP contribution >= 0.6 is 0 Å². The van der Waals surface area contributed by atoms with Crippen LogP contribution in [0.2, 0.25) is 0 Å². The maximum atomic E-state index is 9.26. The summed E-state index contributed by atoms with van der Waals surface area (Å²) < 4.78 is 13.6. The molecule has 0 amide bonds. The van der Waals surface area contributed by atoms with Crippen LogP contribution in [0.1, 0.15) is 37.9 Å². The van der Waals surface area contributed by atoms with Gasteiger partial charge in [-0.25, -0.2) is 4.98 Å². The fraction of sp³-hybridized carbons (Fsp3) is 0.450. The lowest BCUT2D eigenvalue weighted by molar-refractivity contribution is 0.248. The van der Waals surface area contributed by atoms with Crippen LogP contribution in [0.4, 0.5) is 0 Å². The molecule has 0 spiro atoms. The summed E-state index contributed by atoms with van der Waals surface area (Å²) in [6.45, 7) is 0.849. The monoisotopic (exact) mass is 340 g/mol. The Morgan fingerprint density at radius 2 is 2.12 bits per heavy atom. The predicted molar refractivity (Wildman–Crippen MR) is 96.5 cm³/mol. The number of nitrogens with zero attached hydrogens (tertiary/aromatic N) is 2. The molecule has 5 heteroatoms. The minimum absolute atomic E-state index is 0.142. The van der Waals surface area contributed by atoms with Gasteiger partial charge in [-0.05, 0) is 24.8 Å². The topological polar surface area (TPSA) is 60.4 Å². The van der Waals surface area contributed by atoms with Crippen molar-refractivity contribution >= 4 is 10.9 Å². The van der Waals surface area contributed by atoms with Crippen LogP contribution in [0.25, 0.3) is 22.4 Å². The van der Waals surface area contributed by atoms with Gasteiger partial charge in [0, 0.05) is 18.1 Å². The van der Waals surface area contributed by atoms with Crippen molar-refractivity contribution in [3.63, 3.8) is 0 Å². The second-order valence-electron chi connectivity index (χ2n) is 6.85. The van der Waals surface area contributed by atoms with Gasteiger partial charge in [0.1, 0.15) is 18.1 Å². The Hall–Kier alpha value is -2.27. The average molecular weight is 340 g/mol. The SMILES string of the molecule is COc1cccc2c(-c3ncc(CO)o3)cn(CC3CCCCC3)c12. The first-order valence-electron chi connectivity index (χ1n) is 9.02. The van der Waals surface area contributed by atoms with Crippen LogP contribution in [-0.2, 0) is 13.2 Å². The number of oxazole rings is 1. The molecule has 1 N–H and O–H groups in total. The largest absolute Gasteiger partial charge is 0.495 e. The lowest BCUT2D eigenvalue weighted by Gasteiger charge is -2.22. The number of para-hydroxylation sites is 1. The molecule has 5 nitrogen and oxygen atoms in total. The van der Waals surface area contributed by atoms with E-state index in [-0.39, 0.29) is 6.61 Å². The smallest absolute Gasteiger partial charge is 0.228 e. The summed E-state index contributed by atoms with van der Waals surface area (Å²) >= 11 is 0. The van der Waals surface area contributed by atoms with E-state index in [1.165, 1.54) is 32.1 Å². The van der Waals surface area contributed by atoms with Crippen LogP contribution in [0.5, 0.6) is 5.75 Å². The van der Waals surface area contributed by atoms with E-state index in [9.17, 15) is 5.11 Å². The number of fused-ring (bicyclic) bond motifs is 1. The van der Waals surface area contributed by atoms with Gasteiger partial charge >= 0.3 is 0 Å². The number of hydrogen-bond donors (Lipinski definition) is 1. The number of aliphatic hydroxyl groups excluding tert-OH is 1. The van der Waals surface area contributed by atoms with Gasteiger partial charge in [-0.15, -0.1) is 0 Å². The summed E-state index contributed by atoms with van der Waals surface area (Å²) in [6, 6.07) is 6.07. The van der Waals surface area contributed by atoms with Gasteiger partial charge in [-0.3, -0.25) is 0 Å². The molecular weight excluding hydrogens is 316 g/mol. The summed E-state index contributed by atoms with van der Waals surface area (Å²) in [5, 5.41) is 10.3. The number of aromatic nitrogens is 2. The molecule has 1 aliphatic carbocycles. The zero-order valence-electron chi connectivity index (χ0n) is 14.6. The molecule has 1 fully saturated rings. The number of methoxy groups -OCH3 is 1. The van der Waals surface area contributed by atoms with Crippen molar-refractivity contribution < 1.29 is 14.3 Å². The molecule has 2 aromatic heterocycles. The third-order valence-corrected chi connectivity index (χ3v) is 5.20. The fourth-order valence-corrected chi connectivity index (χ4v) is 3.96. The number of benzene rings is 1. The Bertz CT molecular complexity index is 859. The van der Waals surface area contributed by atoms with E-state index < -0.39 is 0 Å². The molecule has 0 unspecified atom stereocenters. The molecule has 0 radical (unpaired) electrons. The average Bonchev–Trinajstić information content (AvgIpc) is 3.27. The highest BCUT2D eigenvalue weighted by Gasteiger charge is 2.20. The van der Waals surface area contributed by atoms with Crippen LogP contribution < -0.4 is 4.74 Å². The van der Waals surface area contributed by atoms with Crippen molar-refractivity contribution in [1.82, 2.24) is 9.55 Å². The first-order valence-corrected chi connectivity index (χ1v) is 9.02. The Morgan fingerprint density at radius 3 is 2.84 bits per heavy atom. The van der Waals surface area contributed by atoms with Gasteiger partial charge in [-0.2, -0.15) is 0 Å². The van der Waals surface area contributed by atoms with E-state index in [0.29, 0.717) is 17.6 Å². The molecule has 1 aliphatic rings. The second-order valence-corrected chi connectivity index (χ2v) is 6.85. The van der Waals surface area contributed by atoms with E-state index in [4.69, 9.17) is 9.15 Å². The lowest BCUT2D eigenvalue weighted by Crippen LogP contribution is -2.13. The molecule has 25 heavy (non-hydrogen) atoms. The predicted octanol–water partition coefficient (Wildman–Crippen LogP) is 4.38. The summed E-state index contributed by atoms with van der Waals surface area (Å²) in [4.78, 5) is 4.34. The zero-order valence-corrected chi connectivity index (χ0v) is 14.6. The van der Waals surface area contributed by atoms with Crippen molar-refractivity contribution in [3.05, 3.63) is 36.4 Å². The Labute approximate surface area is 147 Å². The Morgan fingerprint density at radius 1 is 1.28 bits per heavy atom. The van der Waals surface area contributed by atoms with Gasteiger partial charge in [0.15, 0.2) is 0 Å². The molecule has 2 heterocycles. The fourth-order valence-electron chi connectivity index (χ4n) is 3.96. The normalized spacial score (nSPS) is 15.8. The van der Waals surface area contributed by atoms with Crippen molar-refractivity contribution in [2.75, 3.05) is 7.11 Å². The summed E-state index contributed by atoms with van der Waals surface area (Å²) in [5.41, 5.74) is 2.04. The van der Waals surface area contributed by atoms with Gasteiger partial charge < -0.3 is 18.8 Å². The highest BCUT2D eigenvalue weighted by atomic mass is 16.5. The molecule has 0 atom stereocenters. The standard InChI is InChI=1S/C20H24N2O3/c1-24-18-9-5-8-16-17(20-21-10-15(13-23)25-20)12-22(19(16)18)11-14-6-3-2-4-7-14/h5,8-10,12,14,23H,2-4,6-7,11,13H2,1H3. The number of aliphatic hydroxyl groups is 1. The summed E-state index contributed by atoms with van der Waals surface area (Å²) in [6.07, 6.45) is 10.3. The minimum atomic E-state index is -0.142. The van der Waals surface area contributed by atoms with Gasteiger partial charge in [0.25, 0.3) is 0 Å². The Balaban J connectivity index is 1.80. The molecule has 0 saturated heterocycles. The van der Waals surface area contributed by atoms with E-state index in [2.05, 4.69) is 21.8 Å². The quantitative estimate of drug-likeness (QED) is 0.749. The van der Waals surface area contributed by atoms with Crippen LogP contribution in [0, 0.1) is 5.92 Å². The number of ether oxygens (including phenoxy) is 1. The molecule has 4 rings (SSSR count). The van der Waals surface area contributed by atoms with E-state index in [1.807, 2.05) is 12.1 Å². The molecule has 0 aliphatic heterocycles. The van der Waals surface area contributed by atoms with Crippen LogP contribution in [-0.4, -0.2) is 21.8 Å². The summed E-state index contributed by atoms with van der Waals surface area (Å²) in [7, 11) is 1.71. The van der Waals surface area contributed by atoms with Crippen LogP contribution in [0.3, 0.4) is 0 Å². The first-order chi connectivity index (χ1) is 12.3. The van der Waals surface area contributed by atoms with E-state index in [1.54, 1.807) is 13.3 Å². The lowest BCUT2D eigenvalue weighted by atomic mass is 9.89. The maximum Gasteiger partial charge on any atom is 0.228 e. The molecule has 3 aromatic rings. The summed E-state index contributed by atoms with van der Waals surface area (Å²) in [5.74, 6) is 2.60. The van der Waals surface area contributed by atoms with E-state index in [0.717, 1.165) is 28.8 Å². The van der Waals surface area contributed by atoms with Gasteiger partial charge in [0.05, 0.1) is 24.4 Å². The number of rotatable bonds is 5. The highest BCUT2D eigenvalue weighted by Crippen LogP contribution is 2.37. The molecular formula is C20H24N2O3. The van der Waals surface area contributed by atoms with Gasteiger partial charge in [0.2, 0.25) is 5.89 Å². The van der Waals surface area contributed by atoms with Gasteiger partial charge in [-0.1, -0.05) is 31.4 Å². The molecule has 0 bridgehead atoms. The minimum Gasteiger partial charge on any atom is -0.495 e. The third kappa shape index (κ3) is 3.04. The Kier molecular flexibility index (Phi) is 4.49. The zero-order chi connectivity index (χ0) is 17.2. The molecule has 1 aromatic carbocycles. The molecule has 132 valence electrons. The number of hydrogen-bond acceptors (Lipinski definition) is 4. The molecule has 1 saturated carbocycles. The van der Waals surface area contributed by atoms with Crippen molar-refractivity contribution in [2.24, 2.45) is 5.92 Å². The second kappa shape index (κ2) is 6.92. The van der Waals surface area contributed by atoms with Crippen LogP contribution in [0.15, 0.2) is 35.0 Å². The van der Waals surface area contributed by atoms with Crippen molar-refractivity contribution in [1.29, 1.82) is 0 Å². The van der Waals surface area contributed by atoms with Crippen molar-refractivity contribution in [2.45, 2.75) is 45.3 Å². The van der Waals surface area contributed by atoms with E-state index >= 15 is 0 Å². The maximum absolute atomic E-state index is 9.26. The van der Waals surface area contributed by atoms with Crippen molar-refractivity contribution in [3.8, 4) is 17.2 Å². The third-order valence-electron chi connectivity index (χ3n) is 5.20. The first kappa shape index (κ1) is 16.2.